The summed E-state index contributed by atoms with van der Waals surface area (Å²) in [6, 6.07) is 2.72. The van der Waals surface area contributed by atoms with Crippen LogP contribution in [-0.4, -0.2) is 239 Å². The van der Waals surface area contributed by atoms with Crippen LogP contribution in [0.15, 0.2) is 24.3 Å². The maximum Gasteiger partial charge on any atom is 0.251 e. The first-order valence-electron chi connectivity index (χ1n) is 24.0. The van der Waals surface area contributed by atoms with E-state index in [1.165, 1.54) is 38.1 Å². The molecule has 0 radical (unpaired) electrons. The van der Waals surface area contributed by atoms with Gasteiger partial charge < -0.3 is 122 Å². The highest BCUT2D eigenvalue weighted by molar-refractivity contribution is 5.94. The fraction of sp³-hybridized carbons (Fsp3) is 0.818. The van der Waals surface area contributed by atoms with E-state index in [1.54, 1.807) is 0 Å². The average Bonchev–Trinajstić information content (AvgIpc) is 3.64. The van der Waals surface area contributed by atoms with E-state index in [-0.39, 0.29) is 11.7 Å². The molecular formula is C44H77N7O19. The van der Waals surface area contributed by atoms with Gasteiger partial charge in [0.05, 0.1) is 44.1 Å². The predicted octanol–water partition coefficient (Wildman–Crippen LogP) is -6.74. The van der Waals surface area contributed by atoms with E-state index in [9.17, 15) is 55.5 Å². The summed E-state index contributed by atoms with van der Waals surface area (Å²) >= 11 is 0. The summed E-state index contributed by atoms with van der Waals surface area (Å²) in [6.45, 7) is 5.26. The van der Waals surface area contributed by atoms with E-state index in [0.717, 1.165) is 58.3 Å². The van der Waals surface area contributed by atoms with Gasteiger partial charge in [0.25, 0.3) is 5.91 Å². The van der Waals surface area contributed by atoms with Gasteiger partial charge in [0.15, 0.2) is 18.9 Å². The van der Waals surface area contributed by atoms with Gasteiger partial charge in [-0.3, -0.25) is 9.59 Å². The van der Waals surface area contributed by atoms with Crippen molar-refractivity contribution in [2.45, 2.75) is 169 Å². The van der Waals surface area contributed by atoms with E-state index < -0.39 is 148 Å². The Morgan fingerprint density at radius 3 is 1.74 bits per heavy atom. The topological polar surface area (TPSA) is 416 Å². The largest absolute Gasteiger partial charge is 0.462 e. The first-order valence-corrected chi connectivity index (χ1v) is 24.0. The van der Waals surface area contributed by atoms with Gasteiger partial charge in [0.1, 0.15) is 78.9 Å². The van der Waals surface area contributed by atoms with Crippen LogP contribution in [0.3, 0.4) is 0 Å². The second-order valence-electron chi connectivity index (χ2n) is 18.0. The third-order valence-electron chi connectivity index (χ3n) is 12.6. The van der Waals surface area contributed by atoms with Gasteiger partial charge >= 0.3 is 0 Å². The van der Waals surface area contributed by atoms with Crippen LogP contribution < -0.4 is 43.2 Å². The summed E-state index contributed by atoms with van der Waals surface area (Å²) < 4.78 is 46.5. The molecule has 4 fully saturated rings. The molecule has 26 heteroatoms. The number of ether oxygens (including phenoxy) is 8. The van der Waals surface area contributed by atoms with Crippen LogP contribution >= 0.6 is 0 Å². The number of benzene rings is 1. The first-order chi connectivity index (χ1) is 33.5. The average molecular weight is 1010 g/mol. The molecule has 70 heavy (non-hydrogen) atoms. The lowest BCUT2D eigenvalue weighted by Crippen LogP contribution is -2.69. The van der Waals surface area contributed by atoms with Crippen molar-refractivity contribution in [1.82, 2.24) is 21.3 Å². The number of carbonyl (C=O) groups excluding carboxylic acids is 2. The van der Waals surface area contributed by atoms with Crippen molar-refractivity contribution in [3.05, 3.63) is 29.8 Å². The van der Waals surface area contributed by atoms with Crippen molar-refractivity contribution in [3.63, 3.8) is 0 Å². The molecule has 402 valence electrons. The lowest BCUT2D eigenvalue weighted by molar-refractivity contribution is -0.376. The van der Waals surface area contributed by atoms with Gasteiger partial charge in [-0.25, -0.2) is 0 Å². The SMILES string of the molecule is C[C@H](N)C(=O)N[C@H]1[C@@H](O[C@@H]2[C@H](O)[C@@H](O)[C@H](O[C@@H]3[C@@H](O)[C@@H](O[C@H]4[C@@H](O)[C@@H](Oc5ccc(C(=O)NCCCNCCCCNCCCCN)cc5)O[C@@H]4CO)OC(CO)[C@H]3O)O[C@@H]2CO)O[C@H](C)[C@H](N)[C@@H]1O. The normalized spacial score (nSPS) is 37.2. The maximum atomic E-state index is 12.8. The predicted molar refractivity (Wildman–Crippen MR) is 243 cm³/mol. The van der Waals surface area contributed by atoms with Gasteiger partial charge in [-0.2, -0.15) is 0 Å². The second kappa shape index (κ2) is 28.5. The first kappa shape index (κ1) is 58.0. The minimum atomic E-state index is -2.02. The Hall–Kier alpha value is -2.88. The standard InChI is InChI=1S/C44H77N7O19/c1-21(46)39(61)51-29-31(56)28(47)22(2)63-41(29)68-36-26(19-53)66-42(33(58)32(36)57)70-38-30(55)25(18-52)65-44(35(38)60)69-37-27(20-54)67-43(34(37)59)64-24-10-8-23(9-11-24)40(62)50-17-7-16-49-15-6-5-14-48-13-4-3-12-45/h8-11,21-22,25-38,41-44,48-49,52-60H,3-7,12-20,45-47H2,1-2H3,(H,50,62)(H,51,61)/t21-,22+,25?,26+,27+,28-,29+,30+,31-,32+,33+,34+,35+,36-,37+,38-,41+,42-,43-,44+/m0/s1. The number of amides is 2. The minimum absolute atomic E-state index is 0.191. The summed E-state index contributed by atoms with van der Waals surface area (Å²) in [5.41, 5.74) is 17.6. The third-order valence-corrected chi connectivity index (χ3v) is 12.6. The number of aliphatic hydroxyl groups excluding tert-OH is 9. The summed E-state index contributed by atoms with van der Waals surface area (Å²) in [4.78, 5) is 25.3. The molecular weight excluding hydrogens is 931 g/mol. The molecule has 4 aliphatic heterocycles. The molecule has 4 aliphatic rings. The summed E-state index contributed by atoms with van der Waals surface area (Å²) in [5, 5.41) is 110. The summed E-state index contributed by atoms with van der Waals surface area (Å²) in [6.07, 6.45) is -22.5. The second-order valence-corrected chi connectivity index (χ2v) is 18.0. The van der Waals surface area contributed by atoms with Crippen molar-refractivity contribution >= 4 is 11.8 Å². The maximum absolute atomic E-state index is 12.8. The van der Waals surface area contributed by atoms with Crippen molar-refractivity contribution in [2.24, 2.45) is 17.2 Å². The number of hydrogen-bond acceptors (Lipinski definition) is 24. The Kier molecular flexibility index (Phi) is 23.7. The summed E-state index contributed by atoms with van der Waals surface area (Å²) in [7, 11) is 0. The van der Waals surface area contributed by atoms with Crippen molar-refractivity contribution in [3.8, 4) is 5.75 Å². The van der Waals surface area contributed by atoms with Crippen LogP contribution in [0.1, 0.15) is 56.3 Å². The Bertz CT molecular complexity index is 1700. The quantitative estimate of drug-likeness (QED) is 0.0364. The van der Waals surface area contributed by atoms with Gasteiger partial charge in [0.2, 0.25) is 12.2 Å². The molecule has 0 aromatic heterocycles. The molecule has 0 saturated carbocycles. The number of carbonyl (C=O) groups is 2. The minimum Gasteiger partial charge on any atom is -0.462 e. The van der Waals surface area contributed by atoms with Crippen molar-refractivity contribution < 1.29 is 93.4 Å². The van der Waals surface area contributed by atoms with Gasteiger partial charge in [-0.1, -0.05) is 0 Å². The highest BCUT2D eigenvalue weighted by Crippen LogP contribution is 2.35. The Balaban J connectivity index is 1.13. The molecule has 1 unspecified atom stereocenters. The highest BCUT2D eigenvalue weighted by atomic mass is 16.8. The summed E-state index contributed by atoms with van der Waals surface area (Å²) in [5.74, 6) is -0.796. The molecule has 20 atom stereocenters. The zero-order chi connectivity index (χ0) is 51.1. The highest BCUT2D eigenvalue weighted by Gasteiger charge is 2.55. The Labute approximate surface area is 406 Å². The van der Waals surface area contributed by atoms with Crippen LogP contribution in [0.5, 0.6) is 5.75 Å². The molecule has 0 aliphatic carbocycles. The molecule has 0 bridgehead atoms. The molecule has 0 spiro atoms. The fourth-order valence-corrected chi connectivity index (χ4v) is 8.35. The van der Waals surface area contributed by atoms with E-state index in [2.05, 4.69) is 21.3 Å². The zero-order valence-corrected chi connectivity index (χ0v) is 39.6. The number of unbranched alkanes of at least 4 members (excludes halogenated alkanes) is 2. The monoisotopic (exact) mass is 1010 g/mol. The number of nitrogens with one attached hydrogen (secondary N) is 4. The van der Waals surface area contributed by atoms with Gasteiger partial charge in [-0.15, -0.1) is 0 Å². The molecule has 4 saturated heterocycles. The lowest BCUT2D eigenvalue weighted by Gasteiger charge is -2.49. The lowest BCUT2D eigenvalue weighted by atomic mass is 9.94. The molecule has 4 heterocycles. The molecule has 2 amide bonds. The van der Waals surface area contributed by atoms with E-state index in [1.807, 2.05) is 0 Å². The van der Waals surface area contributed by atoms with Crippen LogP contribution in [0.2, 0.25) is 0 Å². The molecule has 1 aromatic carbocycles. The molecule has 19 N–H and O–H groups in total. The molecule has 26 nitrogen and oxygen atoms in total. The number of nitrogens with two attached hydrogens (primary N) is 3. The number of hydrogen-bond donors (Lipinski definition) is 16. The molecule has 1 aromatic rings. The van der Waals surface area contributed by atoms with Crippen LogP contribution in [0, 0.1) is 0 Å². The number of aliphatic hydroxyl groups is 9. The third kappa shape index (κ3) is 15.3. The van der Waals surface area contributed by atoms with Crippen molar-refractivity contribution in [2.75, 3.05) is 59.1 Å². The number of rotatable bonds is 27. The zero-order valence-electron chi connectivity index (χ0n) is 39.6. The van der Waals surface area contributed by atoms with Crippen LogP contribution in [-0.2, 0) is 38.0 Å². The molecule has 5 rings (SSSR count). The van der Waals surface area contributed by atoms with Crippen LogP contribution in [0.4, 0.5) is 0 Å². The Morgan fingerprint density at radius 1 is 0.629 bits per heavy atom. The smallest absolute Gasteiger partial charge is 0.251 e. The van der Waals surface area contributed by atoms with E-state index in [0.29, 0.717) is 18.7 Å². The van der Waals surface area contributed by atoms with E-state index >= 15 is 0 Å². The van der Waals surface area contributed by atoms with Gasteiger partial charge in [0, 0.05) is 12.1 Å². The van der Waals surface area contributed by atoms with Gasteiger partial charge in [-0.05, 0) is 103 Å². The Morgan fingerprint density at radius 2 is 1.14 bits per heavy atom. The van der Waals surface area contributed by atoms with Crippen molar-refractivity contribution in [1.29, 1.82) is 0 Å². The van der Waals surface area contributed by atoms with Crippen LogP contribution in [0.25, 0.3) is 0 Å². The fourth-order valence-electron chi connectivity index (χ4n) is 8.35. The van der Waals surface area contributed by atoms with E-state index in [4.69, 9.17) is 55.1 Å².